The van der Waals surface area contributed by atoms with E-state index in [1.165, 1.54) is 4.68 Å². The summed E-state index contributed by atoms with van der Waals surface area (Å²) in [4.78, 5) is 25.3. The first-order valence-electron chi connectivity index (χ1n) is 9.41. The monoisotopic (exact) mass is 365 g/mol. The lowest BCUT2D eigenvalue weighted by Gasteiger charge is -2.11. The van der Waals surface area contributed by atoms with E-state index in [4.69, 9.17) is 0 Å². The quantitative estimate of drug-likeness (QED) is 0.727. The van der Waals surface area contributed by atoms with Gasteiger partial charge in [-0.15, -0.1) is 0 Å². The number of aryl methyl sites for hydroxylation is 1. The van der Waals surface area contributed by atoms with Crippen molar-refractivity contribution >= 4 is 16.8 Å². The molecule has 2 aromatic heterocycles. The molecule has 0 saturated heterocycles. The molecule has 1 N–H and O–H groups in total. The van der Waals surface area contributed by atoms with Crippen LogP contribution >= 0.6 is 0 Å². The molecule has 4 rings (SSSR count). The number of carbonyl (C=O) groups excluding carboxylic acids is 1. The number of nitrogens with zero attached hydrogens (tertiary/aromatic N) is 4. The van der Waals surface area contributed by atoms with Gasteiger partial charge in [0.2, 0.25) is 5.91 Å². The highest BCUT2D eigenvalue weighted by atomic mass is 16.2. The highest BCUT2D eigenvalue weighted by Crippen LogP contribution is 2.41. The Hall–Kier alpha value is -2.96. The largest absolute Gasteiger partial charge is 0.355 e. The van der Waals surface area contributed by atoms with Crippen LogP contribution in [0.15, 0.2) is 35.3 Å². The summed E-state index contributed by atoms with van der Waals surface area (Å²) in [5.41, 5.74) is 2.96. The van der Waals surface area contributed by atoms with Gasteiger partial charge in [0.05, 0.1) is 17.6 Å². The Morgan fingerprint density at radius 2 is 2.07 bits per heavy atom. The van der Waals surface area contributed by atoms with Gasteiger partial charge in [0, 0.05) is 17.8 Å². The lowest BCUT2D eigenvalue weighted by atomic mass is 10.2. The summed E-state index contributed by atoms with van der Waals surface area (Å²) in [6.45, 7) is 4.49. The van der Waals surface area contributed by atoms with Crippen LogP contribution in [0.2, 0.25) is 0 Å². The minimum absolute atomic E-state index is 0.0759. The Kier molecular flexibility index (Phi) is 4.51. The maximum absolute atomic E-state index is 13.2. The fraction of sp³-hybridized carbons (Fsp3) is 0.400. The van der Waals surface area contributed by atoms with E-state index in [1.54, 1.807) is 10.9 Å². The zero-order valence-corrected chi connectivity index (χ0v) is 15.6. The van der Waals surface area contributed by atoms with Crippen molar-refractivity contribution in [3.63, 3.8) is 0 Å². The number of amides is 1. The average Bonchev–Trinajstić information content (AvgIpc) is 3.41. The minimum Gasteiger partial charge on any atom is -0.355 e. The zero-order chi connectivity index (χ0) is 19.0. The van der Waals surface area contributed by atoms with E-state index in [0.717, 1.165) is 41.6 Å². The average molecular weight is 365 g/mol. The molecule has 0 bridgehead atoms. The molecule has 0 spiro atoms. The summed E-state index contributed by atoms with van der Waals surface area (Å²) >= 11 is 0. The fourth-order valence-electron chi connectivity index (χ4n) is 3.30. The number of hydrogen-bond acceptors (Lipinski definition) is 4. The molecule has 1 saturated carbocycles. The van der Waals surface area contributed by atoms with Gasteiger partial charge in [-0.05, 0) is 37.8 Å². The van der Waals surface area contributed by atoms with E-state index in [2.05, 4.69) is 15.5 Å². The molecule has 2 heterocycles. The molecule has 0 aliphatic heterocycles. The van der Waals surface area contributed by atoms with Crippen molar-refractivity contribution in [2.45, 2.75) is 45.6 Å². The van der Waals surface area contributed by atoms with Gasteiger partial charge in [0.25, 0.3) is 5.56 Å². The third-order valence-corrected chi connectivity index (χ3v) is 4.88. The van der Waals surface area contributed by atoms with Crippen LogP contribution in [-0.4, -0.2) is 32.0 Å². The van der Waals surface area contributed by atoms with Crippen LogP contribution in [0, 0.1) is 6.92 Å². The van der Waals surface area contributed by atoms with Crippen molar-refractivity contribution in [1.29, 1.82) is 0 Å². The number of hydrogen-bond donors (Lipinski definition) is 1. The van der Waals surface area contributed by atoms with E-state index in [-0.39, 0.29) is 18.0 Å². The first-order chi connectivity index (χ1) is 13.1. The lowest BCUT2D eigenvalue weighted by Crippen LogP contribution is -2.35. The fourth-order valence-corrected chi connectivity index (χ4v) is 3.30. The second-order valence-electron chi connectivity index (χ2n) is 7.08. The maximum Gasteiger partial charge on any atom is 0.293 e. The van der Waals surface area contributed by atoms with E-state index >= 15 is 0 Å². The highest BCUT2D eigenvalue weighted by molar-refractivity contribution is 5.83. The van der Waals surface area contributed by atoms with Crippen LogP contribution in [0.25, 0.3) is 16.6 Å². The second-order valence-corrected chi connectivity index (χ2v) is 7.08. The number of benzene rings is 1. The van der Waals surface area contributed by atoms with Gasteiger partial charge in [0.15, 0.2) is 0 Å². The van der Waals surface area contributed by atoms with E-state index < -0.39 is 0 Å². The molecule has 7 heteroatoms. The Morgan fingerprint density at radius 1 is 1.30 bits per heavy atom. The van der Waals surface area contributed by atoms with Crippen molar-refractivity contribution in [2.75, 3.05) is 6.54 Å². The Bertz CT molecular complexity index is 1060. The molecule has 140 valence electrons. The van der Waals surface area contributed by atoms with Crippen LogP contribution in [-0.2, 0) is 11.3 Å². The third kappa shape index (κ3) is 3.25. The van der Waals surface area contributed by atoms with E-state index in [9.17, 15) is 9.59 Å². The summed E-state index contributed by atoms with van der Waals surface area (Å²) in [6.07, 6.45) is 4.68. The van der Waals surface area contributed by atoms with E-state index in [0.29, 0.717) is 18.0 Å². The molecule has 0 radical (unpaired) electrons. The van der Waals surface area contributed by atoms with Crippen molar-refractivity contribution in [3.05, 3.63) is 52.1 Å². The summed E-state index contributed by atoms with van der Waals surface area (Å²) in [5, 5.41) is 12.6. The summed E-state index contributed by atoms with van der Waals surface area (Å²) in [7, 11) is 0. The second kappa shape index (κ2) is 6.98. The van der Waals surface area contributed by atoms with Gasteiger partial charge in [-0.25, -0.2) is 9.36 Å². The Balaban J connectivity index is 1.87. The molecule has 7 nitrogen and oxygen atoms in total. The Labute approximate surface area is 157 Å². The minimum atomic E-state index is -0.290. The molecule has 1 aromatic carbocycles. The molecule has 3 aromatic rings. The van der Waals surface area contributed by atoms with Gasteiger partial charge >= 0.3 is 0 Å². The number of fused-ring (bicyclic) bond motifs is 1. The van der Waals surface area contributed by atoms with Gasteiger partial charge in [-0.1, -0.05) is 25.1 Å². The molecular weight excluding hydrogens is 342 g/mol. The maximum atomic E-state index is 13.2. The van der Waals surface area contributed by atoms with Crippen LogP contribution in [0.5, 0.6) is 0 Å². The summed E-state index contributed by atoms with van der Waals surface area (Å²) < 4.78 is 2.97. The smallest absolute Gasteiger partial charge is 0.293 e. The highest BCUT2D eigenvalue weighted by Gasteiger charge is 2.30. The summed E-state index contributed by atoms with van der Waals surface area (Å²) in [6, 6.07) is 7.81. The number of carbonyl (C=O) groups is 1. The topological polar surface area (TPSA) is 81.8 Å². The number of aromatic nitrogens is 4. The van der Waals surface area contributed by atoms with Crippen molar-refractivity contribution < 1.29 is 4.79 Å². The first kappa shape index (κ1) is 17.5. The van der Waals surface area contributed by atoms with Crippen LogP contribution in [0.4, 0.5) is 0 Å². The molecule has 0 unspecified atom stereocenters. The Morgan fingerprint density at radius 3 is 2.78 bits per heavy atom. The molecular formula is C20H23N5O2. The van der Waals surface area contributed by atoms with Gasteiger partial charge in [-0.2, -0.15) is 10.2 Å². The standard InChI is InChI=1S/C20H23N5O2/c1-3-10-21-17(26)12-24-20(27)19-15(18(23-24)14-8-9-14)11-22-25(19)16-7-5-4-6-13(16)2/h4-7,11,14H,3,8-10,12H2,1-2H3,(H,21,26). The molecule has 27 heavy (non-hydrogen) atoms. The van der Waals surface area contributed by atoms with Crippen molar-refractivity contribution in [2.24, 2.45) is 0 Å². The van der Waals surface area contributed by atoms with Crippen molar-refractivity contribution in [3.8, 4) is 5.69 Å². The molecule has 0 atom stereocenters. The molecule has 1 amide bonds. The predicted molar refractivity (Wildman–Crippen MR) is 103 cm³/mol. The number of nitrogens with one attached hydrogen (secondary N) is 1. The normalized spacial score (nSPS) is 13.9. The van der Waals surface area contributed by atoms with Crippen LogP contribution in [0.3, 0.4) is 0 Å². The number of rotatable bonds is 6. The molecule has 1 aliphatic carbocycles. The van der Waals surface area contributed by atoms with Gasteiger partial charge < -0.3 is 5.32 Å². The first-order valence-corrected chi connectivity index (χ1v) is 9.41. The van der Waals surface area contributed by atoms with E-state index in [1.807, 2.05) is 38.1 Å². The van der Waals surface area contributed by atoms with Crippen LogP contribution < -0.4 is 10.9 Å². The van der Waals surface area contributed by atoms with Gasteiger partial charge in [0.1, 0.15) is 12.1 Å². The lowest BCUT2D eigenvalue weighted by molar-refractivity contribution is -0.121. The number of para-hydroxylation sites is 1. The molecule has 1 fully saturated rings. The molecule has 1 aliphatic rings. The van der Waals surface area contributed by atoms with Crippen molar-refractivity contribution in [1.82, 2.24) is 24.9 Å². The SMILES string of the molecule is CCCNC(=O)Cn1nc(C2CC2)c2cnn(-c3ccccc3C)c2c1=O. The predicted octanol–water partition coefficient (Wildman–Crippen LogP) is 2.29. The zero-order valence-electron chi connectivity index (χ0n) is 15.6. The van der Waals surface area contributed by atoms with Gasteiger partial charge in [-0.3, -0.25) is 9.59 Å². The van der Waals surface area contributed by atoms with Crippen LogP contribution in [0.1, 0.15) is 43.4 Å². The third-order valence-electron chi connectivity index (χ3n) is 4.88. The summed E-state index contributed by atoms with van der Waals surface area (Å²) in [5.74, 6) is 0.141.